The highest BCUT2D eigenvalue weighted by Crippen LogP contribution is 2.15. The van der Waals surface area contributed by atoms with Crippen LogP contribution in [0.25, 0.3) is 0 Å². The Morgan fingerprint density at radius 1 is 1.38 bits per heavy atom. The molecule has 3 nitrogen and oxygen atoms in total. The molecule has 0 aromatic carbocycles. The van der Waals surface area contributed by atoms with Crippen molar-refractivity contribution in [2.24, 2.45) is 5.92 Å². The zero-order valence-corrected chi connectivity index (χ0v) is 10.8. The summed E-state index contributed by atoms with van der Waals surface area (Å²) in [5, 5.41) is 0. The number of aromatic nitrogens is 1. The van der Waals surface area contributed by atoms with Crippen LogP contribution in [0.5, 0.6) is 0 Å². The Kier molecular flexibility index (Phi) is 4.59. The first-order chi connectivity index (χ1) is 7.50. The Bertz CT molecular complexity index is 334. The number of hydrogen-bond donors (Lipinski definition) is 1. The Morgan fingerprint density at radius 2 is 2.06 bits per heavy atom. The topological polar surface area (TPSA) is 42.2 Å². The zero-order chi connectivity index (χ0) is 12.1. The molecule has 0 atom stereocenters. The Morgan fingerprint density at radius 3 is 2.62 bits per heavy atom. The van der Waals surface area contributed by atoms with Gasteiger partial charge >= 0.3 is 0 Å². The maximum absolute atomic E-state index is 5.75. The van der Waals surface area contributed by atoms with E-state index in [-0.39, 0.29) is 0 Å². The van der Waals surface area contributed by atoms with Crippen molar-refractivity contribution in [3.05, 3.63) is 17.8 Å². The number of anilines is 2. The van der Waals surface area contributed by atoms with E-state index in [2.05, 4.69) is 30.8 Å². The van der Waals surface area contributed by atoms with E-state index in [0.29, 0.717) is 0 Å². The molecule has 0 spiro atoms. The first kappa shape index (κ1) is 12.8. The molecule has 0 bridgehead atoms. The molecule has 0 amide bonds. The molecule has 0 aliphatic rings. The van der Waals surface area contributed by atoms with Gasteiger partial charge in [-0.15, -0.1) is 0 Å². The lowest BCUT2D eigenvalue weighted by atomic mass is 10.1. The summed E-state index contributed by atoms with van der Waals surface area (Å²) < 4.78 is 0. The molecule has 0 unspecified atom stereocenters. The summed E-state index contributed by atoms with van der Waals surface area (Å²) >= 11 is 0. The van der Waals surface area contributed by atoms with Gasteiger partial charge in [-0.05, 0) is 37.8 Å². The van der Waals surface area contributed by atoms with Crippen molar-refractivity contribution in [2.75, 3.05) is 24.2 Å². The summed E-state index contributed by atoms with van der Waals surface area (Å²) in [6, 6.07) is 3.91. The first-order valence-electron chi connectivity index (χ1n) is 5.95. The fourth-order valence-corrected chi connectivity index (χ4v) is 1.62. The molecule has 1 aromatic rings. The normalized spacial score (nSPS) is 10.8. The lowest BCUT2D eigenvalue weighted by molar-refractivity contribution is 0.555. The predicted octanol–water partition coefficient (Wildman–Crippen LogP) is 2.84. The lowest BCUT2D eigenvalue weighted by Gasteiger charge is -2.19. The third-order valence-electron chi connectivity index (χ3n) is 2.78. The molecule has 0 saturated heterocycles. The largest absolute Gasteiger partial charge is 0.397 e. The van der Waals surface area contributed by atoms with Gasteiger partial charge in [0.05, 0.1) is 11.4 Å². The highest BCUT2D eigenvalue weighted by Gasteiger charge is 2.04. The number of nitrogens with two attached hydrogens (primary N) is 1. The van der Waals surface area contributed by atoms with Crippen LogP contribution in [0.15, 0.2) is 12.1 Å². The quantitative estimate of drug-likeness (QED) is 0.831. The van der Waals surface area contributed by atoms with Crippen molar-refractivity contribution in [1.82, 2.24) is 4.98 Å². The van der Waals surface area contributed by atoms with Gasteiger partial charge in [0.1, 0.15) is 5.82 Å². The Hall–Kier alpha value is -1.25. The van der Waals surface area contributed by atoms with Crippen molar-refractivity contribution < 1.29 is 0 Å². The van der Waals surface area contributed by atoms with Gasteiger partial charge in [-0.2, -0.15) is 0 Å². The standard InChI is InChI=1S/C13H23N3/c1-10(2)6-5-9-16(4)13-8-7-12(14)11(3)15-13/h7-8,10H,5-6,9,14H2,1-4H3. The molecule has 90 valence electrons. The van der Waals surface area contributed by atoms with Crippen LogP contribution in [-0.2, 0) is 0 Å². The van der Waals surface area contributed by atoms with E-state index in [4.69, 9.17) is 5.73 Å². The maximum Gasteiger partial charge on any atom is 0.128 e. The molecule has 1 heterocycles. The summed E-state index contributed by atoms with van der Waals surface area (Å²) in [5.74, 6) is 1.78. The SMILES string of the molecule is Cc1nc(N(C)CCCC(C)C)ccc1N. The fraction of sp³-hybridized carbons (Fsp3) is 0.615. The second kappa shape index (κ2) is 5.73. The molecule has 1 rings (SSSR count). The Balaban J connectivity index is 2.52. The fourth-order valence-electron chi connectivity index (χ4n) is 1.62. The van der Waals surface area contributed by atoms with Crippen molar-refractivity contribution >= 4 is 11.5 Å². The monoisotopic (exact) mass is 221 g/mol. The van der Waals surface area contributed by atoms with Crippen LogP contribution < -0.4 is 10.6 Å². The van der Waals surface area contributed by atoms with Gasteiger partial charge in [0.25, 0.3) is 0 Å². The third kappa shape index (κ3) is 3.72. The molecule has 1 aromatic heterocycles. The van der Waals surface area contributed by atoms with E-state index < -0.39 is 0 Å². The van der Waals surface area contributed by atoms with Gasteiger partial charge in [-0.1, -0.05) is 13.8 Å². The van der Waals surface area contributed by atoms with Crippen molar-refractivity contribution in [2.45, 2.75) is 33.6 Å². The molecule has 3 heteroatoms. The molecule has 0 aliphatic heterocycles. The summed E-state index contributed by atoms with van der Waals surface area (Å²) in [4.78, 5) is 6.66. The van der Waals surface area contributed by atoms with Gasteiger partial charge < -0.3 is 10.6 Å². The highest BCUT2D eigenvalue weighted by molar-refractivity contribution is 5.49. The van der Waals surface area contributed by atoms with E-state index >= 15 is 0 Å². The van der Waals surface area contributed by atoms with Crippen LogP contribution in [-0.4, -0.2) is 18.6 Å². The Labute approximate surface area is 98.7 Å². The van der Waals surface area contributed by atoms with Crippen molar-refractivity contribution in [1.29, 1.82) is 0 Å². The van der Waals surface area contributed by atoms with Crippen LogP contribution in [0.3, 0.4) is 0 Å². The molecule has 16 heavy (non-hydrogen) atoms. The van der Waals surface area contributed by atoms with Gasteiger partial charge in [0.15, 0.2) is 0 Å². The summed E-state index contributed by atoms with van der Waals surface area (Å²) in [7, 11) is 2.08. The van der Waals surface area contributed by atoms with E-state index in [1.54, 1.807) is 0 Å². The van der Waals surface area contributed by atoms with Gasteiger partial charge in [-0.25, -0.2) is 4.98 Å². The molecule has 0 saturated carbocycles. The number of nitrogen functional groups attached to an aromatic ring is 1. The zero-order valence-electron chi connectivity index (χ0n) is 10.8. The van der Waals surface area contributed by atoms with Crippen molar-refractivity contribution in [3.8, 4) is 0 Å². The second-order valence-corrected chi connectivity index (χ2v) is 4.80. The number of nitrogens with zero attached hydrogens (tertiary/aromatic N) is 2. The van der Waals surface area contributed by atoms with Gasteiger partial charge in [0, 0.05) is 13.6 Å². The van der Waals surface area contributed by atoms with Gasteiger partial charge in [-0.3, -0.25) is 0 Å². The summed E-state index contributed by atoms with van der Waals surface area (Å²) in [6.45, 7) is 7.51. The van der Waals surface area contributed by atoms with Crippen LogP contribution in [0.1, 0.15) is 32.4 Å². The maximum atomic E-state index is 5.75. The van der Waals surface area contributed by atoms with Crippen LogP contribution in [0.4, 0.5) is 11.5 Å². The predicted molar refractivity (Wildman–Crippen MR) is 70.7 cm³/mol. The van der Waals surface area contributed by atoms with Crippen LogP contribution in [0.2, 0.25) is 0 Å². The average Bonchev–Trinajstić information content (AvgIpc) is 2.21. The third-order valence-corrected chi connectivity index (χ3v) is 2.78. The minimum Gasteiger partial charge on any atom is -0.397 e. The second-order valence-electron chi connectivity index (χ2n) is 4.80. The van der Waals surface area contributed by atoms with Crippen LogP contribution in [0, 0.1) is 12.8 Å². The molecule has 2 N–H and O–H groups in total. The lowest BCUT2D eigenvalue weighted by Crippen LogP contribution is -2.20. The van der Waals surface area contributed by atoms with E-state index in [1.165, 1.54) is 12.8 Å². The minimum atomic E-state index is 0.763. The molecular formula is C13H23N3. The highest BCUT2D eigenvalue weighted by atomic mass is 15.2. The number of aryl methyl sites for hydroxylation is 1. The minimum absolute atomic E-state index is 0.763. The molecule has 0 fully saturated rings. The molecule has 0 aliphatic carbocycles. The summed E-state index contributed by atoms with van der Waals surface area (Å²) in [6.07, 6.45) is 2.47. The first-order valence-corrected chi connectivity index (χ1v) is 5.95. The number of hydrogen-bond acceptors (Lipinski definition) is 3. The average molecular weight is 221 g/mol. The number of rotatable bonds is 5. The van der Waals surface area contributed by atoms with Gasteiger partial charge in [0.2, 0.25) is 0 Å². The van der Waals surface area contributed by atoms with Crippen molar-refractivity contribution in [3.63, 3.8) is 0 Å². The summed E-state index contributed by atoms with van der Waals surface area (Å²) in [5.41, 5.74) is 7.42. The number of pyridine rings is 1. The van der Waals surface area contributed by atoms with Crippen LogP contribution >= 0.6 is 0 Å². The van der Waals surface area contributed by atoms with E-state index in [9.17, 15) is 0 Å². The van der Waals surface area contributed by atoms with E-state index in [0.717, 1.165) is 29.7 Å². The van der Waals surface area contributed by atoms with E-state index in [1.807, 2.05) is 19.1 Å². The smallest absolute Gasteiger partial charge is 0.128 e. The molecular weight excluding hydrogens is 198 g/mol. The molecule has 0 radical (unpaired) electrons.